The summed E-state index contributed by atoms with van der Waals surface area (Å²) in [5, 5.41) is 19.6. The van der Waals surface area contributed by atoms with Crippen LogP contribution in [-0.4, -0.2) is 34.9 Å². The van der Waals surface area contributed by atoms with Crippen molar-refractivity contribution in [2.45, 2.75) is 219 Å². The molecule has 0 unspecified atom stereocenters. The largest absolute Gasteiger partial charge is 0.391 e. The van der Waals surface area contributed by atoms with Crippen LogP contribution in [-0.2, 0) is 0 Å². The molecule has 2 nitrogen and oxygen atoms in total. The molecule has 304 valence electrons. The molecule has 52 heavy (non-hydrogen) atoms. The monoisotopic (exact) mass is 832 g/mol. The second-order valence-electron chi connectivity index (χ2n) is 15.0. The van der Waals surface area contributed by atoms with Crippen molar-refractivity contribution in [2.24, 2.45) is 0 Å². The van der Waals surface area contributed by atoms with Crippen molar-refractivity contribution in [3.8, 4) is 0 Å². The van der Waals surface area contributed by atoms with Gasteiger partial charge in [-0.15, -0.1) is 23.5 Å². The molecule has 0 bridgehead atoms. The van der Waals surface area contributed by atoms with Gasteiger partial charge < -0.3 is 10.2 Å². The maximum atomic E-state index is 9.80. The van der Waals surface area contributed by atoms with Gasteiger partial charge in [0.15, 0.2) is 0 Å². The molecule has 2 N–H and O–H groups in total. The third kappa shape index (κ3) is 25.5. The highest BCUT2D eigenvalue weighted by Gasteiger charge is 2.29. The van der Waals surface area contributed by atoms with Gasteiger partial charge in [0.05, 0.1) is 30.2 Å². The Hall–Kier alpha value is 1.24. The van der Waals surface area contributed by atoms with E-state index in [0.29, 0.717) is 0 Å². The zero-order valence-electron chi connectivity index (χ0n) is 33.8. The first kappa shape index (κ1) is 49.4. The number of aliphatic hydroxyl groups is 2. The summed E-state index contributed by atoms with van der Waals surface area (Å²) in [4.78, 5) is 1.85. The Labute approximate surface area is 349 Å². The highest BCUT2D eigenvalue weighted by Crippen LogP contribution is 2.63. The van der Waals surface area contributed by atoms with E-state index in [0.717, 1.165) is 9.81 Å². The molecule has 0 saturated carbocycles. The lowest BCUT2D eigenvalue weighted by molar-refractivity contribution is 0.324. The Balaban J connectivity index is 1.56. The minimum Gasteiger partial charge on any atom is -0.391 e. The van der Waals surface area contributed by atoms with Crippen LogP contribution in [0.25, 0.3) is 0 Å². The number of rotatable bonds is 38. The summed E-state index contributed by atoms with van der Waals surface area (Å²) in [5.41, 5.74) is 0. The lowest BCUT2D eigenvalue weighted by Gasteiger charge is -2.06. The van der Waals surface area contributed by atoms with Crippen LogP contribution in [0.2, 0.25) is 0 Å². The number of aliphatic hydroxyl groups excluding tert-OH is 2. The normalized spacial score (nSPS) is 15.0. The van der Waals surface area contributed by atoms with E-state index in [4.69, 9.17) is 0 Å². The molecular formula is C44H80O2S6. The van der Waals surface area contributed by atoms with Crippen LogP contribution < -0.4 is 0 Å². The van der Waals surface area contributed by atoms with Crippen molar-refractivity contribution < 1.29 is 10.2 Å². The zero-order chi connectivity index (χ0) is 37.2. The van der Waals surface area contributed by atoms with E-state index in [-0.39, 0.29) is 13.2 Å². The van der Waals surface area contributed by atoms with E-state index in [1.807, 2.05) is 23.5 Å². The van der Waals surface area contributed by atoms with Gasteiger partial charge in [0.25, 0.3) is 0 Å². The fourth-order valence-electron chi connectivity index (χ4n) is 6.85. The van der Waals surface area contributed by atoms with Crippen LogP contribution in [0.5, 0.6) is 0 Å². The number of unbranched alkanes of at least 4 members (excludes halogenated alkanes) is 30. The summed E-state index contributed by atoms with van der Waals surface area (Å²) in [7, 11) is 0. The highest BCUT2D eigenvalue weighted by molar-refractivity contribution is 8.42. The fourth-order valence-corrected chi connectivity index (χ4v) is 15.6. The van der Waals surface area contributed by atoms with Gasteiger partial charge in [-0.25, -0.2) is 0 Å². The van der Waals surface area contributed by atoms with E-state index in [9.17, 15) is 10.2 Å². The topological polar surface area (TPSA) is 40.5 Å². The molecule has 2 aliphatic heterocycles. The molecule has 0 aromatic carbocycles. The minimum atomic E-state index is 0.0226. The molecule has 0 aromatic rings. The van der Waals surface area contributed by atoms with Crippen LogP contribution in [0.1, 0.15) is 219 Å². The molecule has 0 aliphatic carbocycles. The lowest BCUT2D eigenvalue weighted by Crippen LogP contribution is -1.89. The SMILES string of the molecule is CCCCCCCCCCCCCCCCCCSC1=C(SCCCCCCCCCCCCCCCCCC)SC(=C2SC(CO)=C(CO)S2)S1. The quantitative estimate of drug-likeness (QED) is 0.0596. The van der Waals surface area contributed by atoms with Gasteiger partial charge in [-0.3, -0.25) is 0 Å². The van der Waals surface area contributed by atoms with Gasteiger partial charge in [-0.05, 0) is 24.3 Å². The van der Waals surface area contributed by atoms with Crippen LogP contribution in [0.4, 0.5) is 0 Å². The van der Waals surface area contributed by atoms with Crippen molar-refractivity contribution in [1.82, 2.24) is 0 Å². The highest BCUT2D eigenvalue weighted by atomic mass is 32.3. The van der Waals surface area contributed by atoms with Crippen molar-refractivity contribution in [1.29, 1.82) is 0 Å². The van der Waals surface area contributed by atoms with Crippen molar-refractivity contribution in [3.63, 3.8) is 0 Å². The van der Waals surface area contributed by atoms with Crippen LogP contribution in [0, 0.1) is 0 Å². The van der Waals surface area contributed by atoms with Gasteiger partial charge in [-0.1, -0.05) is 254 Å². The van der Waals surface area contributed by atoms with E-state index < -0.39 is 0 Å². The van der Waals surface area contributed by atoms with Crippen LogP contribution in [0.15, 0.2) is 26.8 Å². The predicted molar refractivity (Wildman–Crippen MR) is 250 cm³/mol. The van der Waals surface area contributed by atoms with Gasteiger partial charge in [0.2, 0.25) is 0 Å². The van der Waals surface area contributed by atoms with Gasteiger partial charge >= 0.3 is 0 Å². The molecule has 8 heteroatoms. The smallest absolute Gasteiger partial charge is 0.0753 e. The summed E-state index contributed by atoms with van der Waals surface area (Å²) >= 11 is 11.4. The second-order valence-corrected chi connectivity index (χ2v) is 22.5. The Morgan fingerprint density at radius 2 is 0.558 bits per heavy atom. The molecule has 0 fully saturated rings. The first-order valence-corrected chi connectivity index (χ1v) is 27.4. The molecule has 2 aliphatic rings. The maximum Gasteiger partial charge on any atom is 0.0753 e. The van der Waals surface area contributed by atoms with E-state index in [2.05, 4.69) is 37.4 Å². The number of hydrogen-bond donors (Lipinski definition) is 2. The summed E-state index contributed by atoms with van der Waals surface area (Å²) in [6.07, 6.45) is 45.5. The van der Waals surface area contributed by atoms with Gasteiger partial charge in [0.1, 0.15) is 0 Å². The van der Waals surface area contributed by atoms with Gasteiger partial charge in [0, 0.05) is 9.81 Å². The first-order chi connectivity index (χ1) is 25.7. The molecule has 0 atom stereocenters. The molecule has 2 heterocycles. The van der Waals surface area contributed by atoms with Crippen molar-refractivity contribution in [2.75, 3.05) is 24.7 Å². The molecule has 2 rings (SSSR count). The average Bonchev–Trinajstić information content (AvgIpc) is 3.78. The predicted octanol–water partition coefficient (Wildman–Crippen LogP) is 17.4. The molecule has 0 spiro atoms. The van der Waals surface area contributed by atoms with Crippen LogP contribution >= 0.6 is 70.6 Å². The minimum absolute atomic E-state index is 0.0226. The van der Waals surface area contributed by atoms with Crippen molar-refractivity contribution >= 4 is 70.6 Å². The van der Waals surface area contributed by atoms with E-state index >= 15 is 0 Å². The average molecular weight is 834 g/mol. The lowest BCUT2D eigenvalue weighted by atomic mass is 10.0. The molecule has 0 aromatic heterocycles. The maximum absolute atomic E-state index is 9.80. The zero-order valence-corrected chi connectivity index (χ0v) is 38.7. The Bertz CT molecular complexity index is 879. The third-order valence-corrected chi connectivity index (χ3v) is 19.1. The standard InChI is InChI=1S/C44H80O2S6/c1-3-5-7-9-11-13-15-17-19-21-23-25-27-29-31-33-35-47-41-42(52-44(51-41)43-49-39(37-45)40(38-46)50-43)48-36-34-32-30-28-26-24-22-20-18-16-14-12-10-8-6-4-2/h45-46H,3-38H2,1-2H3. The molecule has 0 amide bonds. The van der Waals surface area contributed by atoms with Crippen molar-refractivity contribution in [3.05, 3.63) is 26.8 Å². The summed E-state index contributed by atoms with van der Waals surface area (Å²) < 4.78 is 5.60. The summed E-state index contributed by atoms with van der Waals surface area (Å²) in [6, 6.07) is 0. The first-order valence-electron chi connectivity index (χ1n) is 22.1. The number of thioether (sulfide) groups is 6. The Kier molecular flexibility index (Phi) is 34.7. The fraction of sp³-hybridized carbons (Fsp3) is 0.864. The Morgan fingerprint density at radius 1 is 0.327 bits per heavy atom. The summed E-state index contributed by atoms with van der Waals surface area (Å²) in [5.74, 6) is 2.44. The Morgan fingerprint density at radius 3 is 0.808 bits per heavy atom. The number of hydrogen-bond acceptors (Lipinski definition) is 8. The molecule has 0 radical (unpaired) electrons. The molecular weight excluding hydrogens is 753 g/mol. The summed E-state index contributed by atoms with van der Waals surface area (Å²) in [6.45, 7) is 4.65. The molecule has 0 saturated heterocycles. The van der Waals surface area contributed by atoms with E-state index in [1.165, 1.54) is 234 Å². The van der Waals surface area contributed by atoms with Gasteiger partial charge in [-0.2, -0.15) is 0 Å². The third-order valence-electron chi connectivity index (χ3n) is 10.2. The second kappa shape index (κ2) is 36.6. The van der Waals surface area contributed by atoms with Crippen LogP contribution in [0.3, 0.4) is 0 Å². The van der Waals surface area contributed by atoms with E-state index in [1.54, 1.807) is 23.5 Å².